The highest BCUT2D eigenvalue weighted by molar-refractivity contribution is 5.81. The van der Waals surface area contributed by atoms with Crippen LogP contribution in [0.1, 0.15) is 0 Å². The molecule has 0 atom stereocenters. The van der Waals surface area contributed by atoms with Gasteiger partial charge in [0.15, 0.2) is 23.3 Å². The molecule has 0 aliphatic heterocycles. The van der Waals surface area contributed by atoms with Crippen molar-refractivity contribution in [1.82, 2.24) is 4.98 Å². The van der Waals surface area contributed by atoms with E-state index in [0.29, 0.717) is 0 Å². The summed E-state index contributed by atoms with van der Waals surface area (Å²) >= 11 is 0. The van der Waals surface area contributed by atoms with Crippen LogP contribution >= 0.6 is 0 Å². The number of anilines is 1. The van der Waals surface area contributed by atoms with Crippen LogP contribution in [0.5, 0.6) is 0 Å². The zero-order valence-electron chi connectivity index (χ0n) is 7.19. The first-order chi connectivity index (χ1) is 7.02. The molecule has 0 bridgehead atoms. The molecule has 6 heteroatoms. The number of hydrogen-bond acceptors (Lipinski definition) is 2. The molecule has 0 spiro atoms. The number of halogens is 4. The number of fused-ring (bicyclic) bond motifs is 1. The molecule has 15 heavy (non-hydrogen) atoms. The molecule has 0 unspecified atom stereocenters. The van der Waals surface area contributed by atoms with Crippen molar-refractivity contribution in [2.45, 2.75) is 0 Å². The Balaban J connectivity index is 3.00. The van der Waals surface area contributed by atoms with Gasteiger partial charge in [-0.25, -0.2) is 22.5 Å². The van der Waals surface area contributed by atoms with Crippen molar-refractivity contribution in [3.8, 4) is 0 Å². The highest BCUT2D eigenvalue weighted by atomic mass is 19.2. The quantitative estimate of drug-likeness (QED) is 0.417. The lowest BCUT2D eigenvalue weighted by atomic mass is 10.2. The van der Waals surface area contributed by atoms with Crippen LogP contribution in [0.4, 0.5) is 23.4 Å². The second kappa shape index (κ2) is 3.08. The van der Waals surface area contributed by atoms with Crippen molar-refractivity contribution in [2.75, 3.05) is 5.73 Å². The standard InChI is InChI=1S/C9H4F4N2/c10-5-3-1-2-4(14)15-9(3)8(13)7(12)6(5)11/h1-2H,(H2,14,15). The molecule has 0 radical (unpaired) electrons. The summed E-state index contributed by atoms with van der Waals surface area (Å²) in [5.41, 5.74) is 4.60. The fourth-order valence-electron chi connectivity index (χ4n) is 1.23. The minimum absolute atomic E-state index is 0.105. The Labute approximate surface area is 81.3 Å². The third-order valence-electron chi connectivity index (χ3n) is 1.94. The third kappa shape index (κ3) is 1.29. The molecule has 1 heterocycles. The van der Waals surface area contributed by atoms with Gasteiger partial charge in [-0.3, -0.25) is 0 Å². The average Bonchev–Trinajstić information content (AvgIpc) is 2.23. The van der Waals surface area contributed by atoms with Crippen molar-refractivity contribution in [3.05, 3.63) is 35.4 Å². The first-order valence-corrected chi connectivity index (χ1v) is 3.90. The molecule has 2 N–H and O–H groups in total. The largest absolute Gasteiger partial charge is 0.384 e. The molecule has 2 nitrogen and oxygen atoms in total. The van der Waals surface area contributed by atoms with Crippen LogP contribution in [-0.4, -0.2) is 4.98 Å². The molecule has 1 aromatic heterocycles. The van der Waals surface area contributed by atoms with Crippen LogP contribution < -0.4 is 5.73 Å². The molecular formula is C9H4F4N2. The summed E-state index contributed by atoms with van der Waals surface area (Å²) in [6, 6.07) is 2.21. The predicted molar refractivity (Wildman–Crippen MR) is 46.0 cm³/mol. The fraction of sp³-hybridized carbons (Fsp3) is 0. The maximum Gasteiger partial charge on any atom is 0.199 e. The van der Waals surface area contributed by atoms with E-state index in [2.05, 4.69) is 4.98 Å². The van der Waals surface area contributed by atoms with Crippen LogP contribution in [0.15, 0.2) is 12.1 Å². The van der Waals surface area contributed by atoms with Gasteiger partial charge >= 0.3 is 0 Å². The monoisotopic (exact) mass is 216 g/mol. The summed E-state index contributed by atoms with van der Waals surface area (Å²) in [5, 5.41) is -0.444. The third-order valence-corrected chi connectivity index (χ3v) is 1.94. The first-order valence-electron chi connectivity index (χ1n) is 3.90. The highest BCUT2D eigenvalue weighted by Crippen LogP contribution is 2.25. The lowest BCUT2D eigenvalue weighted by molar-refractivity contribution is 0.417. The summed E-state index contributed by atoms with van der Waals surface area (Å²) in [4.78, 5) is 3.39. The van der Waals surface area contributed by atoms with Gasteiger partial charge in [-0.1, -0.05) is 0 Å². The molecule has 2 rings (SSSR count). The van der Waals surface area contributed by atoms with Crippen molar-refractivity contribution >= 4 is 16.7 Å². The topological polar surface area (TPSA) is 38.9 Å². The van der Waals surface area contributed by atoms with E-state index in [4.69, 9.17) is 5.73 Å². The Morgan fingerprint density at radius 2 is 1.47 bits per heavy atom. The van der Waals surface area contributed by atoms with E-state index >= 15 is 0 Å². The van der Waals surface area contributed by atoms with E-state index in [1.165, 1.54) is 6.07 Å². The zero-order valence-corrected chi connectivity index (χ0v) is 7.19. The Kier molecular flexibility index (Phi) is 1.99. The Hall–Kier alpha value is -1.85. The van der Waals surface area contributed by atoms with E-state index < -0.39 is 34.2 Å². The number of nitrogens with two attached hydrogens (primary N) is 1. The molecule has 2 aromatic rings. The smallest absolute Gasteiger partial charge is 0.199 e. The number of aromatic nitrogens is 1. The Morgan fingerprint density at radius 1 is 0.867 bits per heavy atom. The van der Waals surface area contributed by atoms with E-state index in [-0.39, 0.29) is 5.82 Å². The SMILES string of the molecule is Nc1ccc2c(F)c(F)c(F)c(F)c2n1. The van der Waals surface area contributed by atoms with Crippen molar-refractivity contribution < 1.29 is 17.6 Å². The first kappa shape index (κ1) is 9.70. The lowest BCUT2D eigenvalue weighted by Gasteiger charge is -2.03. The van der Waals surface area contributed by atoms with Gasteiger partial charge in [0.1, 0.15) is 11.3 Å². The number of rotatable bonds is 0. The second-order valence-corrected chi connectivity index (χ2v) is 2.89. The number of nitrogens with zero attached hydrogens (tertiary/aromatic N) is 1. The fourth-order valence-corrected chi connectivity index (χ4v) is 1.23. The molecular weight excluding hydrogens is 212 g/mol. The van der Waals surface area contributed by atoms with Gasteiger partial charge in [-0.2, -0.15) is 0 Å². The number of pyridine rings is 1. The molecule has 0 fully saturated rings. The summed E-state index contributed by atoms with van der Waals surface area (Å²) in [5.74, 6) is -6.87. The van der Waals surface area contributed by atoms with Crippen molar-refractivity contribution in [3.63, 3.8) is 0 Å². The second-order valence-electron chi connectivity index (χ2n) is 2.89. The summed E-state index contributed by atoms with van der Waals surface area (Å²) in [6.07, 6.45) is 0. The predicted octanol–water partition coefficient (Wildman–Crippen LogP) is 2.37. The van der Waals surface area contributed by atoms with E-state index in [0.717, 1.165) is 6.07 Å². The molecule has 0 aliphatic carbocycles. The van der Waals surface area contributed by atoms with Crippen molar-refractivity contribution in [2.24, 2.45) is 0 Å². The molecule has 0 amide bonds. The average molecular weight is 216 g/mol. The maximum absolute atomic E-state index is 13.1. The van der Waals surface area contributed by atoms with Gasteiger partial charge in [0.2, 0.25) is 0 Å². The van der Waals surface area contributed by atoms with E-state index in [9.17, 15) is 17.6 Å². The molecule has 0 saturated carbocycles. The van der Waals surface area contributed by atoms with Gasteiger partial charge in [-0.05, 0) is 12.1 Å². The normalized spacial score (nSPS) is 10.9. The Morgan fingerprint density at radius 3 is 2.13 bits per heavy atom. The van der Waals surface area contributed by atoms with Crippen molar-refractivity contribution in [1.29, 1.82) is 0 Å². The van der Waals surface area contributed by atoms with Gasteiger partial charge in [0, 0.05) is 5.39 Å². The number of hydrogen-bond donors (Lipinski definition) is 1. The number of benzene rings is 1. The number of nitrogen functional groups attached to an aromatic ring is 1. The Bertz CT molecular complexity index is 554. The lowest BCUT2D eigenvalue weighted by Crippen LogP contribution is -2.01. The van der Waals surface area contributed by atoms with Crippen LogP contribution in [0.2, 0.25) is 0 Å². The summed E-state index contributed by atoms with van der Waals surface area (Å²) in [7, 11) is 0. The van der Waals surface area contributed by atoms with Crippen LogP contribution in [0.3, 0.4) is 0 Å². The minimum Gasteiger partial charge on any atom is -0.384 e. The van der Waals surface area contributed by atoms with E-state index in [1.807, 2.05) is 0 Å². The van der Waals surface area contributed by atoms with Gasteiger partial charge in [0.25, 0.3) is 0 Å². The molecule has 0 aliphatic rings. The van der Waals surface area contributed by atoms with Crippen LogP contribution in [0.25, 0.3) is 10.9 Å². The highest BCUT2D eigenvalue weighted by Gasteiger charge is 2.20. The van der Waals surface area contributed by atoms with Gasteiger partial charge < -0.3 is 5.73 Å². The summed E-state index contributed by atoms with van der Waals surface area (Å²) in [6.45, 7) is 0. The maximum atomic E-state index is 13.1. The summed E-state index contributed by atoms with van der Waals surface area (Å²) < 4.78 is 51.8. The van der Waals surface area contributed by atoms with Gasteiger partial charge in [0.05, 0.1) is 0 Å². The molecule has 78 valence electrons. The zero-order chi connectivity index (χ0) is 11.2. The van der Waals surface area contributed by atoms with E-state index in [1.54, 1.807) is 0 Å². The van der Waals surface area contributed by atoms with Crippen LogP contribution in [-0.2, 0) is 0 Å². The van der Waals surface area contributed by atoms with Gasteiger partial charge in [-0.15, -0.1) is 0 Å². The molecule has 0 saturated heterocycles. The minimum atomic E-state index is -1.89. The van der Waals surface area contributed by atoms with Crippen LogP contribution in [0, 0.1) is 23.3 Å². The molecule has 1 aromatic carbocycles.